The number of hydroxylamine groups is 2. The highest BCUT2D eigenvalue weighted by atomic mass is 35.5. The van der Waals surface area contributed by atoms with Gasteiger partial charge in [-0.1, -0.05) is 23.2 Å². The average molecular weight is 445 g/mol. The van der Waals surface area contributed by atoms with Crippen molar-refractivity contribution in [2.45, 2.75) is 18.0 Å². The molecule has 0 spiro atoms. The first-order valence-electron chi connectivity index (χ1n) is 6.53. The standard InChI is InChI=1S/C13H9Cl2F7N2O3/c1-23(27-2)10(26)24(6-3-4-7(14)8(15)5-6)9(25)11(16,17)12(18,19)13(20,21)22/h3-5H,1-2H3. The number of amides is 3. The Bertz CT molecular complexity index is 743. The molecule has 27 heavy (non-hydrogen) atoms. The molecule has 1 aromatic rings. The Labute approximate surface area is 157 Å². The minimum absolute atomic E-state index is 0.141. The van der Waals surface area contributed by atoms with Gasteiger partial charge in [-0.3, -0.25) is 9.63 Å². The number of rotatable bonds is 4. The van der Waals surface area contributed by atoms with Gasteiger partial charge >= 0.3 is 30.0 Å². The first kappa shape index (κ1) is 23.2. The van der Waals surface area contributed by atoms with Gasteiger partial charge in [-0.25, -0.2) is 14.8 Å². The molecule has 0 fully saturated rings. The summed E-state index contributed by atoms with van der Waals surface area (Å²) in [6.45, 7) is 0. The molecule has 0 aromatic heterocycles. The van der Waals surface area contributed by atoms with Crippen molar-refractivity contribution in [1.82, 2.24) is 5.06 Å². The number of anilines is 1. The molecule has 0 atom stereocenters. The number of imide groups is 1. The zero-order valence-electron chi connectivity index (χ0n) is 13.3. The van der Waals surface area contributed by atoms with Gasteiger partial charge in [0.1, 0.15) is 0 Å². The van der Waals surface area contributed by atoms with Crippen LogP contribution in [0, 0.1) is 0 Å². The van der Waals surface area contributed by atoms with Gasteiger partial charge in [0, 0.05) is 7.05 Å². The predicted molar refractivity (Wildman–Crippen MR) is 80.1 cm³/mol. The lowest BCUT2D eigenvalue weighted by Gasteiger charge is -2.32. The van der Waals surface area contributed by atoms with E-state index in [1.165, 1.54) is 0 Å². The highest BCUT2D eigenvalue weighted by molar-refractivity contribution is 6.42. The zero-order valence-corrected chi connectivity index (χ0v) is 14.8. The topological polar surface area (TPSA) is 49.9 Å². The fraction of sp³-hybridized carbons (Fsp3) is 0.385. The van der Waals surface area contributed by atoms with Gasteiger partial charge in [-0.15, -0.1) is 0 Å². The summed E-state index contributed by atoms with van der Waals surface area (Å²) in [5.41, 5.74) is -0.846. The van der Waals surface area contributed by atoms with Crippen molar-refractivity contribution in [2.24, 2.45) is 0 Å². The minimum atomic E-state index is -6.77. The van der Waals surface area contributed by atoms with Gasteiger partial charge in [0.15, 0.2) is 0 Å². The van der Waals surface area contributed by atoms with Gasteiger partial charge in [0.25, 0.3) is 0 Å². The van der Waals surface area contributed by atoms with Gasteiger partial charge < -0.3 is 0 Å². The summed E-state index contributed by atoms with van der Waals surface area (Å²) in [6.07, 6.45) is -6.77. The second-order valence-corrected chi connectivity index (χ2v) is 5.66. The molecule has 0 saturated heterocycles. The number of alkyl halides is 7. The Morgan fingerprint density at radius 3 is 1.93 bits per heavy atom. The molecule has 0 bridgehead atoms. The Balaban J connectivity index is 3.57. The van der Waals surface area contributed by atoms with Crippen LogP contribution in [-0.2, 0) is 9.63 Å². The Hall–Kier alpha value is -1.79. The first-order valence-corrected chi connectivity index (χ1v) is 7.29. The van der Waals surface area contributed by atoms with Crippen LogP contribution in [0.1, 0.15) is 0 Å². The Kier molecular flexibility index (Phi) is 6.61. The van der Waals surface area contributed by atoms with Crippen molar-refractivity contribution in [3.05, 3.63) is 28.2 Å². The van der Waals surface area contributed by atoms with E-state index in [1.807, 2.05) is 0 Å². The molecule has 5 nitrogen and oxygen atoms in total. The second-order valence-electron chi connectivity index (χ2n) is 4.85. The average Bonchev–Trinajstić information content (AvgIpc) is 2.55. The number of hydrogen-bond donors (Lipinski definition) is 0. The van der Waals surface area contributed by atoms with Crippen molar-refractivity contribution in [2.75, 3.05) is 19.1 Å². The molecule has 0 heterocycles. The fourth-order valence-electron chi connectivity index (χ4n) is 1.61. The number of hydrogen-bond acceptors (Lipinski definition) is 3. The number of nitrogens with zero attached hydrogens (tertiary/aromatic N) is 2. The van der Waals surface area contributed by atoms with Crippen molar-refractivity contribution < 1.29 is 45.2 Å². The predicted octanol–water partition coefficient (Wildman–Crippen LogP) is 4.77. The summed E-state index contributed by atoms with van der Waals surface area (Å²) in [6, 6.07) is 0.485. The summed E-state index contributed by atoms with van der Waals surface area (Å²) in [7, 11) is 1.64. The van der Waals surface area contributed by atoms with Crippen LogP contribution < -0.4 is 4.90 Å². The van der Waals surface area contributed by atoms with Crippen LogP contribution in [0.2, 0.25) is 10.0 Å². The van der Waals surface area contributed by atoms with E-state index < -0.39 is 45.6 Å². The normalized spacial score (nSPS) is 12.7. The van der Waals surface area contributed by atoms with E-state index >= 15 is 0 Å². The van der Waals surface area contributed by atoms with Gasteiger partial charge in [0.2, 0.25) is 0 Å². The SMILES string of the molecule is CON(C)C(=O)N(C(=O)C(F)(F)C(F)(F)C(F)(F)F)c1ccc(Cl)c(Cl)c1. The molecular weight excluding hydrogens is 436 g/mol. The summed E-state index contributed by atoms with van der Waals surface area (Å²) in [5.74, 6) is -16.3. The van der Waals surface area contributed by atoms with E-state index in [9.17, 15) is 40.3 Å². The molecule has 1 rings (SSSR count). The lowest BCUT2D eigenvalue weighted by atomic mass is 10.1. The van der Waals surface area contributed by atoms with E-state index in [2.05, 4.69) is 4.84 Å². The monoisotopic (exact) mass is 444 g/mol. The summed E-state index contributed by atoms with van der Waals surface area (Å²) in [4.78, 5) is 27.8. The molecule has 152 valence electrons. The van der Waals surface area contributed by atoms with Crippen LogP contribution in [0.25, 0.3) is 0 Å². The molecule has 0 aliphatic rings. The van der Waals surface area contributed by atoms with Gasteiger partial charge in [0.05, 0.1) is 22.8 Å². The van der Waals surface area contributed by atoms with Crippen LogP contribution in [0.15, 0.2) is 18.2 Å². The van der Waals surface area contributed by atoms with Crippen LogP contribution in [0.3, 0.4) is 0 Å². The third-order valence-electron chi connectivity index (χ3n) is 3.12. The molecule has 0 N–H and O–H groups in total. The quantitative estimate of drug-likeness (QED) is 0.496. The number of benzene rings is 1. The molecule has 0 radical (unpaired) electrons. The number of carbonyl (C=O) groups excluding carboxylic acids is 2. The molecule has 1 aromatic carbocycles. The zero-order chi connectivity index (χ0) is 21.4. The maximum atomic E-state index is 13.8. The van der Waals surface area contributed by atoms with Crippen molar-refractivity contribution in [3.8, 4) is 0 Å². The summed E-state index contributed by atoms with van der Waals surface area (Å²) >= 11 is 11.2. The minimum Gasteiger partial charge on any atom is -0.273 e. The van der Waals surface area contributed by atoms with Gasteiger partial charge in [-0.05, 0) is 18.2 Å². The fourth-order valence-corrected chi connectivity index (χ4v) is 1.90. The summed E-state index contributed by atoms with van der Waals surface area (Å²) < 4.78 is 91.0. The molecule has 14 heteroatoms. The van der Waals surface area contributed by atoms with E-state index in [4.69, 9.17) is 23.2 Å². The van der Waals surface area contributed by atoms with Gasteiger partial charge in [-0.2, -0.15) is 30.7 Å². The highest BCUT2D eigenvalue weighted by Crippen LogP contribution is 2.47. The largest absolute Gasteiger partial charge is 0.460 e. The Morgan fingerprint density at radius 1 is 1.00 bits per heavy atom. The van der Waals surface area contributed by atoms with E-state index in [0.717, 1.165) is 26.3 Å². The van der Waals surface area contributed by atoms with Crippen molar-refractivity contribution >= 4 is 40.8 Å². The first-order chi connectivity index (χ1) is 12.1. The van der Waals surface area contributed by atoms with Crippen LogP contribution >= 0.6 is 23.2 Å². The van der Waals surface area contributed by atoms with Crippen LogP contribution in [-0.4, -0.2) is 49.2 Å². The molecule has 0 saturated carbocycles. The number of urea groups is 1. The van der Waals surface area contributed by atoms with E-state index in [-0.39, 0.29) is 10.1 Å². The summed E-state index contributed by atoms with van der Waals surface area (Å²) in [5, 5.41) is -0.430. The third kappa shape index (κ3) is 4.22. The lowest BCUT2D eigenvalue weighted by molar-refractivity contribution is -0.343. The molecular formula is C13H9Cl2F7N2O3. The number of carbonyl (C=O) groups is 2. The molecule has 0 aliphatic heterocycles. The van der Waals surface area contributed by atoms with Crippen LogP contribution in [0.5, 0.6) is 0 Å². The van der Waals surface area contributed by atoms with Crippen molar-refractivity contribution in [3.63, 3.8) is 0 Å². The molecule has 0 aliphatic carbocycles. The maximum absolute atomic E-state index is 13.8. The van der Waals surface area contributed by atoms with E-state index in [1.54, 1.807) is 0 Å². The lowest BCUT2D eigenvalue weighted by Crippen LogP contribution is -2.62. The second kappa shape index (κ2) is 7.68. The van der Waals surface area contributed by atoms with E-state index in [0.29, 0.717) is 6.07 Å². The van der Waals surface area contributed by atoms with Crippen molar-refractivity contribution in [1.29, 1.82) is 0 Å². The molecule has 0 unspecified atom stereocenters. The highest BCUT2D eigenvalue weighted by Gasteiger charge is 2.77. The van der Waals surface area contributed by atoms with Crippen LogP contribution in [0.4, 0.5) is 41.2 Å². The smallest absolute Gasteiger partial charge is 0.273 e. The molecule has 3 amide bonds. The third-order valence-corrected chi connectivity index (χ3v) is 3.86. The maximum Gasteiger partial charge on any atom is 0.460 e. The Morgan fingerprint density at radius 2 is 1.52 bits per heavy atom. The number of halogens is 9.